The largest absolute Gasteiger partial charge is 0.444 e. The number of ether oxygens (including phenoxy) is 1. The van der Waals surface area contributed by atoms with Crippen molar-refractivity contribution in [2.45, 2.75) is 33.3 Å². The zero-order valence-corrected chi connectivity index (χ0v) is 14.4. The third-order valence-corrected chi connectivity index (χ3v) is 3.15. The van der Waals surface area contributed by atoms with Crippen molar-refractivity contribution in [3.8, 4) is 11.8 Å². The Kier molecular flexibility index (Phi) is 5.15. The summed E-state index contributed by atoms with van der Waals surface area (Å²) >= 11 is 0. The first-order chi connectivity index (χ1) is 11.2. The van der Waals surface area contributed by atoms with E-state index in [4.69, 9.17) is 10.5 Å². The highest BCUT2D eigenvalue weighted by molar-refractivity contribution is 5.89. The van der Waals surface area contributed by atoms with Gasteiger partial charge in [-0.25, -0.2) is 4.79 Å². The highest BCUT2D eigenvalue weighted by Crippen LogP contribution is 2.24. The van der Waals surface area contributed by atoms with Crippen molar-refractivity contribution in [2.75, 3.05) is 11.1 Å². The molecule has 0 atom stereocenters. The van der Waals surface area contributed by atoms with E-state index < -0.39 is 11.7 Å². The van der Waals surface area contributed by atoms with Crippen LogP contribution in [0.2, 0.25) is 0 Å². The van der Waals surface area contributed by atoms with Crippen molar-refractivity contribution in [2.24, 2.45) is 0 Å². The molecule has 3 N–H and O–H groups in total. The summed E-state index contributed by atoms with van der Waals surface area (Å²) in [6.45, 7) is 7.35. The van der Waals surface area contributed by atoms with E-state index in [1.165, 1.54) is 0 Å². The molecule has 0 aliphatic rings. The molecule has 4 heteroatoms. The summed E-state index contributed by atoms with van der Waals surface area (Å²) in [4.78, 5) is 11.9. The topological polar surface area (TPSA) is 64.3 Å². The van der Waals surface area contributed by atoms with E-state index in [0.717, 1.165) is 16.7 Å². The third kappa shape index (κ3) is 5.06. The Hall–Kier alpha value is -2.93. The third-order valence-electron chi connectivity index (χ3n) is 3.15. The average Bonchev–Trinajstić information content (AvgIpc) is 2.48. The molecule has 124 valence electrons. The monoisotopic (exact) mass is 322 g/mol. The summed E-state index contributed by atoms with van der Waals surface area (Å²) in [6.07, 6.45) is -0.531. The van der Waals surface area contributed by atoms with Gasteiger partial charge in [-0.05, 0) is 57.5 Å². The van der Waals surface area contributed by atoms with Gasteiger partial charge >= 0.3 is 6.09 Å². The first-order valence-electron chi connectivity index (χ1n) is 7.72. The van der Waals surface area contributed by atoms with Gasteiger partial charge in [0.1, 0.15) is 5.60 Å². The number of amides is 1. The molecule has 0 saturated carbocycles. The maximum atomic E-state index is 11.9. The van der Waals surface area contributed by atoms with Crippen LogP contribution in [-0.2, 0) is 4.74 Å². The van der Waals surface area contributed by atoms with Gasteiger partial charge in [-0.1, -0.05) is 30.0 Å². The smallest absolute Gasteiger partial charge is 0.412 e. The maximum Gasteiger partial charge on any atom is 0.412 e. The summed E-state index contributed by atoms with van der Waals surface area (Å²) in [5, 5.41) is 2.67. The van der Waals surface area contributed by atoms with Gasteiger partial charge < -0.3 is 10.5 Å². The van der Waals surface area contributed by atoms with Gasteiger partial charge in [-0.2, -0.15) is 0 Å². The van der Waals surface area contributed by atoms with E-state index in [-0.39, 0.29) is 0 Å². The summed E-state index contributed by atoms with van der Waals surface area (Å²) in [5.41, 5.74) is 9.13. The van der Waals surface area contributed by atoms with Crippen LogP contribution in [0.5, 0.6) is 0 Å². The number of nitrogen functional groups attached to an aromatic ring is 1. The molecule has 4 nitrogen and oxygen atoms in total. The highest BCUT2D eigenvalue weighted by atomic mass is 16.6. The van der Waals surface area contributed by atoms with Crippen LogP contribution in [0.4, 0.5) is 16.2 Å². The maximum absolute atomic E-state index is 11.9. The van der Waals surface area contributed by atoms with Gasteiger partial charge in [0, 0.05) is 11.1 Å². The van der Waals surface area contributed by atoms with Crippen molar-refractivity contribution in [1.82, 2.24) is 0 Å². The first-order valence-corrected chi connectivity index (χ1v) is 7.72. The van der Waals surface area contributed by atoms with Gasteiger partial charge in [0.05, 0.1) is 11.4 Å². The number of benzene rings is 2. The zero-order chi connectivity index (χ0) is 17.7. The Bertz CT molecular complexity index is 794. The van der Waals surface area contributed by atoms with E-state index in [9.17, 15) is 4.79 Å². The predicted octanol–water partition coefficient (Wildman–Crippen LogP) is 4.32. The van der Waals surface area contributed by atoms with Crippen LogP contribution in [0.3, 0.4) is 0 Å². The fourth-order valence-corrected chi connectivity index (χ4v) is 2.04. The lowest BCUT2D eigenvalue weighted by Crippen LogP contribution is -2.27. The summed E-state index contributed by atoms with van der Waals surface area (Å²) in [6, 6.07) is 13.3. The molecule has 0 bridgehead atoms. The highest BCUT2D eigenvalue weighted by Gasteiger charge is 2.17. The van der Waals surface area contributed by atoms with Gasteiger partial charge in [-0.3, -0.25) is 5.32 Å². The van der Waals surface area contributed by atoms with E-state index >= 15 is 0 Å². The lowest BCUT2D eigenvalue weighted by molar-refractivity contribution is 0.0636. The van der Waals surface area contributed by atoms with E-state index in [0.29, 0.717) is 11.4 Å². The Labute approximate surface area is 143 Å². The molecule has 0 spiro atoms. The summed E-state index contributed by atoms with van der Waals surface area (Å²) in [5.74, 6) is 6.22. The molecule has 0 unspecified atom stereocenters. The summed E-state index contributed by atoms with van der Waals surface area (Å²) in [7, 11) is 0. The lowest BCUT2D eigenvalue weighted by atomic mass is 10.1. The second-order valence-corrected chi connectivity index (χ2v) is 6.50. The minimum absolute atomic E-state index is 0.448. The standard InChI is InChI=1S/C20H22N2O2/c1-14-12-18(22-19(23)24-20(2,3)4)17(21)13-16(14)11-10-15-8-6-5-7-9-15/h5-9,12-13H,21H2,1-4H3,(H,22,23). The van der Waals surface area contributed by atoms with Gasteiger partial charge in [0.15, 0.2) is 0 Å². The van der Waals surface area contributed by atoms with Crippen LogP contribution >= 0.6 is 0 Å². The number of nitrogens with one attached hydrogen (secondary N) is 1. The van der Waals surface area contributed by atoms with Crippen LogP contribution in [0.1, 0.15) is 37.5 Å². The SMILES string of the molecule is Cc1cc(NC(=O)OC(C)(C)C)c(N)cc1C#Cc1ccccc1. The second-order valence-electron chi connectivity index (χ2n) is 6.50. The molecule has 0 aromatic heterocycles. The van der Waals surface area contributed by atoms with Gasteiger partial charge in [-0.15, -0.1) is 0 Å². The average molecular weight is 322 g/mol. The Morgan fingerprint density at radius 2 is 1.79 bits per heavy atom. The molecule has 0 fully saturated rings. The van der Waals surface area contributed by atoms with Crippen LogP contribution < -0.4 is 11.1 Å². The first kappa shape index (κ1) is 17.4. The minimum Gasteiger partial charge on any atom is -0.444 e. The Morgan fingerprint density at radius 3 is 2.42 bits per heavy atom. The van der Waals surface area contributed by atoms with Crippen LogP contribution in [0.15, 0.2) is 42.5 Å². The number of hydrogen-bond acceptors (Lipinski definition) is 3. The van der Waals surface area contributed by atoms with Crippen molar-refractivity contribution in [3.63, 3.8) is 0 Å². The summed E-state index contributed by atoms with van der Waals surface area (Å²) < 4.78 is 5.24. The van der Waals surface area contributed by atoms with Crippen molar-refractivity contribution < 1.29 is 9.53 Å². The predicted molar refractivity (Wildman–Crippen MR) is 97.9 cm³/mol. The van der Waals surface area contributed by atoms with Crippen LogP contribution in [-0.4, -0.2) is 11.7 Å². The van der Waals surface area contributed by atoms with Crippen molar-refractivity contribution in [1.29, 1.82) is 0 Å². The molecule has 0 saturated heterocycles. The number of carbonyl (C=O) groups excluding carboxylic acids is 1. The minimum atomic E-state index is -0.561. The van der Waals surface area contributed by atoms with E-state index in [2.05, 4.69) is 17.2 Å². The van der Waals surface area contributed by atoms with Crippen molar-refractivity contribution in [3.05, 3.63) is 59.2 Å². The number of hydrogen-bond donors (Lipinski definition) is 2. The number of carbonyl (C=O) groups is 1. The van der Waals surface area contributed by atoms with Gasteiger partial charge in [0.25, 0.3) is 0 Å². The lowest BCUT2D eigenvalue weighted by Gasteiger charge is -2.20. The van der Waals surface area contributed by atoms with E-state index in [1.54, 1.807) is 12.1 Å². The fraction of sp³-hybridized carbons (Fsp3) is 0.250. The Morgan fingerprint density at radius 1 is 1.12 bits per heavy atom. The number of rotatable bonds is 1. The molecule has 2 aromatic carbocycles. The number of nitrogens with two attached hydrogens (primary N) is 1. The molecule has 0 aliphatic carbocycles. The molecule has 1 amide bonds. The molecule has 24 heavy (non-hydrogen) atoms. The zero-order valence-electron chi connectivity index (χ0n) is 14.4. The Balaban J connectivity index is 2.20. The fourth-order valence-electron chi connectivity index (χ4n) is 2.04. The molecular formula is C20H22N2O2. The molecule has 2 rings (SSSR count). The number of aryl methyl sites for hydroxylation is 1. The van der Waals surface area contributed by atoms with Crippen LogP contribution in [0, 0.1) is 18.8 Å². The molecule has 0 radical (unpaired) electrons. The quantitative estimate of drug-likeness (QED) is 0.607. The molecule has 2 aromatic rings. The van der Waals surface area contributed by atoms with Crippen LogP contribution in [0.25, 0.3) is 0 Å². The second kappa shape index (κ2) is 7.10. The van der Waals surface area contributed by atoms with Gasteiger partial charge in [0.2, 0.25) is 0 Å². The molecule has 0 heterocycles. The molecular weight excluding hydrogens is 300 g/mol. The number of anilines is 2. The molecule has 0 aliphatic heterocycles. The van der Waals surface area contributed by atoms with Crippen molar-refractivity contribution >= 4 is 17.5 Å². The normalized spacial score (nSPS) is 10.5. The van der Waals surface area contributed by atoms with E-state index in [1.807, 2.05) is 58.0 Å².